The summed E-state index contributed by atoms with van der Waals surface area (Å²) in [7, 11) is 0. The average molecular weight is 419 g/mol. The van der Waals surface area contributed by atoms with Crippen LogP contribution in [0.25, 0.3) is 0 Å². The van der Waals surface area contributed by atoms with E-state index in [0.29, 0.717) is 13.2 Å². The Balaban J connectivity index is 0.00000131. The number of aromatic nitrogens is 2. The van der Waals surface area contributed by atoms with E-state index in [1.807, 2.05) is 0 Å². The minimum Gasteiger partial charge on any atom is -0.392 e. The predicted molar refractivity (Wildman–Crippen MR) is 111 cm³/mol. The number of nitrogens with two attached hydrogens (primary N) is 1. The number of hydrogen-bond acceptors (Lipinski definition) is 6. The van der Waals surface area contributed by atoms with Gasteiger partial charge in [-0.1, -0.05) is 0 Å². The number of aliphatic hydroxyl groups excluding tert-OH is 1. The van der Waals surface area contributed by atoms with Crippen LogP contribution >= 0.6 is 24.8 Å². The van der Waals surface area contributed by atoms with Crippen molar-refractivity contribution in [3.8, 4) is 0 Å². The number of aliphatic hydroxyl groups is 1. The van der Waals surface area contributed by atoms with Crippen LogP contribution in [0.3, 0.4) is 0 Å². The average Bonchev–Trinajstić information content (AvgIpc) is 2.65. The van der Waals surface area contributed by atoms with Crippen LogP contribution in [0.15, 0.2) is 0 Å². The van der Waals surface area contributed by atoms with Gasteiger partial charge in [-0.25, -0.2) is 9.97 Å². The first-order valence-corrected chi connectivity index (χ1v) is 9.75. The topological polar surface area (TPSA) is 84.5 Å². The van der Waals surface area contributed by atoms with E-state index in [9.17, 15) is 5.11 Å². The van der Waals surface area contributed by atoms with E-state index in [0.717, 1.165) is 56.8 Å². The van der Waals surface area contributed by atoms with Crippen molar-refractivity contribution in [2.24, 2.45) is 11.1 Å². The standard InChI is InChI=1S/C19H30N4O2.2ClH/c1-13-14-4-2-3-5-15(14)22-18(21-13)23-9-6-19(7-10-23)16(24)12-17(19)25-11-8-20;;/h16-17,24H,2-12,20H2,1H3;2*1H/t16-,17+;;/m1../s1. The first kappa shape index (κ1) is 22.6. The summed E-state index contributed by atoms with van der Waals surface area (Å²) in [4.78, 5) is 12.0. The fourth-order valence-corrected chi connectivity index (χ4v) is 4.86. The fourth-order valence-electron chi connectivity index (χ4n) is 4.86. The lowest BCUT2D eigenvalue weighted by molar-refractivity contribution is -0.200. The molecule has 4 rings (SSSR count). The normalized spacial score (nSPS) is 25.8. The molecule has 1 aliphatic heterocycles. The van der Waals surface area contributed by atoms with Crippen LogP contribution in [-0.4, -0.2) is 53.5 Å². The summed E-state index contributed by atoms with van der Waals surface area (Å²) in [6.07, 6.45) is 7.21. The molecule has 0 aromatic carbocycles. The number of nitrogens with zero attached hydrogens (tertiary/aromatic N) is 3. The van der Waals surface area contributed by atoms with Gasteiger partial charge in [0.05, 0.1) is 18.8 Å². The van der Waals surface area contributed by atoms with Crippen LogP contribution in [0.1, 0.15) is 49.1 Å². The largest absolute Gasteiger partial charge is 0.392 e. The number of halogens is 2. The molecule has 1 aromatic heterocycles. The second-order valence-corrected chi connectivity index (χ2v) is 7.86. The first-order chi connectivity index (χ1) is 12.1. The van der Waals surface area contributed by atoms with Crippen molar-refractivity contribution >= 4 is 30.8 Å². The van der Waals surface area contributed by atoms with E-state index in [1.54, 1.807) is 0 Å². The Morgan fingerprint density at radius 1 is 1.19 bits per heavy atom. The third-order valence-corrected chi connectivity index (χ3v) is 6.53. The van der Waals surface area contributed by atoms with E-state index < -0.39 is 0 Å². The quantitative estimate of drug-likeness (QED) is 0.779. The van der Waals surface area contributed by atoms with Gasteiger partial charge in [0.15, 0.2) is 0 Å². The van der Waals surface area contributed by atoms with E-state index in [4.69, 9.17) is 20.4 Å². The van der Waals surface area contributed by atoms with Crippen LogP contribution in [0.4, 0.5) is 5.95 Å². The maximum atomic E-state index is 10.4. The molecular formula is C19H32Cl2N4O2. The highest BCUT2D eigenvalue weighted by Gasteiger charge is 2.56. The Labute approximate surface area is 174 Å². The molecular weight excluding hydrogens is 387 g/mol. The summed E-state index contributed by atoms with van der Waals surface area (Å²) >= 11 is 0. The Morgan fingerprint density at radius 3 is 2.56 bits per heavy atom. The minimum absolute atomic E-state index is 0. The molecule has 0 radical (unpaired) electrons. The number of anilines is 1. The van der Waals surface area contributed by atoms with Crippen molar-refractivity contribution < 1.29 is 9.84 Å². The Morgan fingerprint density at radius 2 is 1.89 bits per heavy atom. The van der Waals surface area contributed by atoms with Crippen molar-refractivity contribution in [1.82, 2.24) is 9.97 Å². The second-order valence-electron chi connectivity index (χ2n) is 7.86. The molecule has 27 heavy (non-hydrogen) atoms. The smallest absolute Gasteiger partial charge is 0.225 e. The van der Waals surface area contributed by atoms with Crippen molar-refractivity contribution in [1.29, 1.82) is 0 Å². The van der Waals surface area contributed by atoms with Gasteiger partial charge in [-0.3, -0.25) is 0 Å². The van der Waals surface area contributed by atoms with E-state index in [2.05, 4.69) is 11.8 Å². The molecule has 2 atom stereocenters. The van der Waals surface area contributed by atoms with Gasteiger partial charge in [-0.2, -0.15) is 0 Å². The molecule has 2 fully saturated rings. The Kier molecular flexibility index (Phi) is 7.73. The van der Waals surface area contributed by atoms with Gasteiger partial charge in [0.25, 0.3) is 0 Å². The van der Waals surface area contributed by atoms with Crippen molar-refractivity contribution in [2.75, 3.05) is 31.1 Å². The second kappa shape index (κ2) is 9.23. The highest BCUT2D eigenvalue weighted by molar-refractivity contribution is 5.85. The van der Waals surface area contributed by atoms with Gasteiger partial charge >= 0.3 is 0 Å². The summed E-state index contributed by atoms with van der Waals surface area (Å²) in [5.41, 5.74) is 9.24. The maximum absolute atomic E-state index is 10.4. The Hall–Kier alpha value is -0.660. The molecule has 6 nitrogen and oxygen atoms in total. The SMILES string of the molecule is Cc1nc(N2CCC3(CC2)[C@H](O)C[C@@H]3OCCN)nc2c1CCCC2.Cl.Cl. The fraction of sp³-hybridized carbons (Fsp3) is 0.789. The molecule has 0 unspecified atom stereocenters. The summed E-state index contributed by atoms with van der Waals surface area (Å²) < 4.78 is 5.89. The van der Waals surface area contributed by atoms with Gasteiger partial charge in [-0.05, 0) is 51.0 Å². The van der Waals surface area contributed by atoms with Gasteiger partial charge in [0.2, 0.25) is 5.95 Å². The maximum Gasteiger partial charge on any atom is 0.225 e. The zero-order chi connectivity index (χ0) is 17.4. The molecule has 3 aliphatic rings. The molecule has 0 bridgehead atoms. The van der Waals surface area contributed by atoms with Crippen LogP contribution in [0.2, 0.25) is 0 Å². The van der Waals surface area contributed by atoms with E-state index in [-0.39, 0.29) is 42.4 Å². The highest BCUT2D eigenvalue weighted by Crippen LogP contribution is 2.51. The zero-order valence-corrected chi connectivity index (χ0v) is 17.7. The van der Waals surface area contributed by atoms with Gasteiger partial charge < -0.3 is 20.5 Å². The lowest BCUT2D eigenvalue weighted by Crippen LogP contribution is -2.62. The van der Waals surface area contributed by atoms with Gasteiger partial charge in [0.1, 0.15) is 0 Å². The van der Waals surface area contributed by atoms with Gasteiger partial charge in [-0.15, -0.1) is 24.8 Å². The lowest BCUT2D eigenvalue weighted by atomic mass is 9.58. The van der Waals surface area contributed by atoms with Crippen molar-refractivity contribution in [3.05, 3.63) is 17.0 Å². The van der Waals surface area contributed by atoms with Crippen molar-refractivity contribution in [3.63, 3.8) is 0 Å². The van der Waals surface area contributed by atoms with Crippen LogP contribution < -0.4 is 10.6 Å². The first-order valence-electron chi connectivity index (χ1n) is 9.75. The molecule has 1 saturated heterocycles. The van der Waals surface area contributed by atoms with Gasteiger partial charge in [0, 0.05) is 42.9 Å². The molecule has 1 spiro atoms. The van der Waals surface area contributed by atoms with Crippen LogP contribution in [0, 0.1) is 12.3 Å². The number of fused-ring (bicyclic) bond motifs is 1. The summed E-state index contributed by atoms with van der Waals surface area (Å²) in [6, 6.07) is 0. The number of hydrogen-bond donors (Lipinski definition) is 2. The number of ether oxygens (including phenoxy) is 1. The third kappa shape index (κ3) is 4.06. The molecule has 2 heterocycles. The molecule has 2 aliphatic carbocycles. The number of piperidine rings is 1. The number of aryl methyl sites for hydroxylation is 2. The van der Waals surface area contributed by atoms with Crippen molar-refractivity contribution in [2.45, 2.75) is 64.1 Å². The van der Waals surface area contributed by atoms with E-state index >= 15 is 0 Å². The molecule has 1 saturated carbocycles. The summed E-state index contributed by atoms with van der Waals surface area (Å²) in [5.74, 6) is 0.876. The lowest BCUT2D eigenvalue weighted by Gasteiger charge is -2.56. The molecule has 1 aromatic rings. The van der Waals surface area contributed by atoms with E-state index in [1.165, 1.54) is 24.1 Å². The predicted octanol–water partition coefficient (Wildman–Crippen LogP) is 2.20. The zero-order valence-electron chi connectivity index (χ0n) is 16.0. The third-order valence-electron chi connectivity index (χ3n) is 6.53. The number of rotatable bonds is 4. The van der Waals surface area contributed by atoms with Crippen LogP contribution in [0.5, 0.6) is 0 Å². The van der Waals surface area contributed by atoms with Crippen LogP contribution in [-0.2, 0) is 17.6 Å². The molecule has 3 N–H and O–H groups in total. The molecule has 0 amide bonds. The monoisotopic (exact) mass is 418 g/mol. The summed E-state index contributed by atoms with van der Waals surface area (Å²) in [5, 5.41) is 10.4. The minimum atomic E-state index is -0.247. The molecule has 8 heteroatoms. The Bertz CT molecular complexity index is 638. The summed E-state index contributed by atoms with van der Waals surface area (Å²) in [6.45, 7) is 5.01. The molecule has 154 valence electrons. The highest BCUT2D eigenvalue weighted by atomic mass is 35.5.